The molecule has 0 N–H and O–H groups in total. The molecule has 0 aromatic rings. The molecule has 1 atom stereocenters. The van der Waals surface area contributed by atoms with E-state index in [0.29, 0.717) is 0 Å². The lowest BCUT2D eigenvalue weighted by atomic mass is 10.1. The lowest BCUT2D eigenvalue weighted by Gasteiger charge is -2.36. The van der Waals surface area contributed by atoms with Crippen LogP contribution in [0.1, 0.15) is 12.8 Å². The van der Waals surface area contributed by atoms with Crippen LogP contribution in [0, 0.1) is 0 Å². The zero-order chi connectivity index (χ0) is 8.70. The molecule has 1 heterocycles. The van der Waals surface area contributed by atoms with E-state index in [1.165, 1.54) is 0 Å². The number of ether oxygens (including phenoxy) is 1. The van der Waals surface area contributed by atoms with Crippen LogP contribution >= 0.6 is 50.7 Å². The van der Waals surface area contributed by atoms with Gasteiger partial charge in [0.05, 0.1) is 6.42 Å². The Bertz CT molecular complexity index is 181. The van der Waals surface area contributed by atoms with Gasteiger partial charge in [0, 0.05) is 6.42 Å². The first-order valence-corrected chi connectivity index (χ1v) is 4.71. The summed E-state index contributed by atoms with van der Waals surface area (Å²) in [6, 6.07) is 0. The van der Waals surface area contributed by atoms with Crippen molar-refractivity contribution in [3.05, 3.63) is 0 Å². The molecule has 1 aliphatic rings. The van der Waals surface area contributed by atoms with Gasteiger partial charge >= 0.3 is 5.97 Å². The number of hydrogen-bond acceptors (Lipinski definition) is 2. The highest BCUT2D eigenvalue weighted by atomic mass is 79.9. The normalized spacial score (nSPS) is 31.1. The van der Waals surface area contributed by atoms with Gasteiger partial charge in [-0.05, 0) is 15.9 Å². The van der Waals surface area contributed by atoms with Crippen LogP contribution in [0.4, 0.5) is 0 Å². The maximum Gasteiger partial charge on any atom is 0.312 e. The minimum absolute atomic E-state index is 0.163. The lowest BCUT2D eigenvalue weighted by molar-refractivity contribution is -0.174. The fraction of sp³-hybridized carbons (Fsp3) is 0.800. The summed E-state index contributed by atoms with van der Waals surface area (Å²) < 4.78 is 2.59. The predicted molar refractivity (Wildman–Crippen MR) is 47.3 cm³/mol. The molecule has 6 heteroatoms. The first kappa shape index (κ1) is 9.90. The Balaban J connectivity index is 2.44. The van der Waals surface area contributed by atoms with E-state index >= 15 is 0 Å². The van der Waals surface area contributed by atoms with Crippen LogP contribution in [0.2, 0.25) is 0 Å². The molecule has 1 fully saturated rings. The van der Waals surface area contributed by atoms with Gasteiger partial charge in [0.1, 0.15) is 0 Å². The maximum absolute atomic E-state index is 10.4. The third-order valence-corrected chi connectivity index (χ3v) is 2.29. The van der Waals surface area contributed by atoms with Gasteiger partial charge < -0.3 is 4.74 Å². The van der Waals surface area contributed by atoms with Gasteiger partial charge in [0.25, 0.3) is 0 Å². The van der Waals surface area contributed by atoms with Crippen molar-refractivity contribution in [2.45, 2.75) is 21.1 Å². The molecule has 2 nitrogen and oxygen atoms in total. The van der Waals surface area contributed by atoms with Crippen LogP contribution in [0.5, 0.6) is 0 Å². The quantitative estimate of drug-likeness (QED) is 0.546. The fourth-order valence-electron chi connectivity index (χ4n) is 0.809. The van der Waals surface area contributed by atoms with Crippen LogP contribution in [-0.2, 0) is 9.53 Å². The van der Waals surface area contributed by atoms with Crippen LogP contribution in [0.3, 0.4) is 0 Å². The molecule has 0 bridgehead atoms. The Labute approximate surface area is 87.2 Å². The summed E-state index contributed by atoms with van der Waals surface area (Å²) in [5.41, 5.74) is 0. The molecule has 64 valence electrons. The Morgan fingerprint density at radius 3 is 2.36 bits per heavy atom. The van der Waals surface area contributed by atoms with E-state index in [2.05, 4.69) is 15.9 Å². The van der Waals surface area contributed by atoms with Gasteiger partial charge in [0.2, 0.25) is 0 Å². The van der Waals surface area contributed by atoms with E-state index < -0.39 is 8.30 Å². The van der Waals surface area contributed by atoms with Gasteiger partial charge in [-0.1, -0.05) is 34.8 Å². The number of alkyl halides is 4. The summed E-state index contributed by atoms with van der Waals surface area (Å²) in [4.78, 5) is 10.4. The van der Waals surface area contributed by atoms with Gasteiger partial charge in [0.15, 0.2) is 8.30 Å². The summed E-state index contributed by atoms with van der Waals surface area (Å²) in [6.07, 6.45) is 0.414. The second kappa shape index (κ2) is 2.95. The van der Waals surface area contributed by atoms with Gasteiger partial charge in [-0.3, -0.25) is 4.79 Å². The van der Waals surface area contributed by atoms with Crippen molar-refractivity contribution < 1.29 is 9.53 Å². The van der Waals surface area contributed by atoms with E-state index in [9.17, 15) is 4.79 Å². The molecule has 0 amide bonds. The minimum Gasteiger partial charge on any atom is -0.446 e. The molecule has 0 spiro atoms. The zero-order valence-electron chi connectivity index (χ0n) is 5.24. The number of halogens is 4. The number of cyclic esters (lactones) is 1. The zero-order valence-corrected chi connectivity index (χ0v) is 9.10. The largest absolute Gasteiger partial charge is 0.446 e. The van der Waals surface area contributed by atoms with Crippen molar-refractivity contribution in [2.75, 3.05) is 0 Å². The Morgan fingerprint density at radius 1 is 1.64 bits per heavy atom. The Hall–Kier alpha value is 0.820. The van der Waals surface area contributed by atoms with Crippen molar-refractivity contribution in [1.29, 1.82) is 0 Å². The van der Waals surface area contributed by atoms with Gasteiger partial charge in [-0.25, -0.2) is 0 Å². The lowest BCUT2D eigenvalue weighted by Crippen LogP contribution is -2.44. The summed E-state index contributed by atoms with van der Waals surface area (Å²) in [5.74, 6) is -0.281. The highest BCUT2D eigenvalue weighted by Crippen LogP contribution is 2.46. The van der Waals surface area contributed by atoms with E-state index in [1.54, 1.807) is 0 Å². The molecule has 0 aromatic heterocycles. The summed E-state index contributed by atoms with van der Waals surface area (Å²) in [7, 11) is 0. The average molecular weight is 282 g/mol. The van der Waals surface area contributed by atoms with Crippen molar-refractivity contribution in [3.63, 3.8) is 0 Å². The van der Waals surface area contributed by atoms with Crippen LogP contribution in [0.25, 0.3) is 0 Å². The third-order valence-electron chi connectivity index (χ3n) is 1.17. The predicted octanol–water partition coefficient (Wildman–Crippen LogP) is 2.78. The summed E-state index contributed by atoms with van der Waals surface area (Å²) >= 11 is 19.6. The highest BCUT2D eigenvalue weighted by Gasteiger charge is 2.48. The molecule has 0 aliphatic carbocycles. The SMILES string of the molecule is O=C1CC(Br)(CC(Cl)(Cl)Cl)O1. The Kier molecular flexibility index (Phi) is 2.65. The smallest absolute Gasteiger partial charge is 0.312 e. The molecular weight excluding hydrogens is 278 g/mol. The number of rotatable bonds is 1. The van der Waals surface area contributed by atoms with Crippen LogP contribution in [-0.4, -0.2) is 14.3 Å². The number of carbonyl (C=O) groups is 1. The molecular formula is C5H4BrCl3O2. The first-order chi connectivity index (χ1) is 4.81. The Morgan fingerprint density at radius 2 is 2.09 bits per heavy atom. The molecule has 1 unspecified atom stereocenters. The van der Waals surface area contributed by atoms with Crippen molar-refractivity contribution in [3.8, 4) is 0 Å². The fourth-order valence-corrected chi connectivity index (χ4v) is 2.77. The number of hydrogen-bond donors (Lipinski definition) is 0. The van der Waals surface area contributed by atoms with E-state index in [-0.39, 0.29) is 18.8 Å². The summed E-state index contributed by atoms with van der Waals surface area (Å²) in [5, 5.41) is 0. The summed E-state index contributed by atoms with van der Waals surface area (Å²) in [6.45, 7) is 0. The highest BCUT2D eigenvalue weighted by molar-refractivity contribution is 9.10. The first-order valence-electron chi connectivity index (χ1n) is 2.78. The van der Waals surface area contributed by atoms with Crippen molar-refractivity contribution in [2.24, 2.45) is 0 Å². The maximum atomic E-state index is 10.4. The van der Waals surface area contributed by atoms with Crippen LogP contribution in [0.15, 0.2) is 0 Å². The monoisotopic (exact) mass is 280 g/mol. The molecule has 11 heavy (non-hydrogen) atoms. The molecule has 0 radical (unpaired) electrons. The van der Waals surface area contributed by atoms with E-state index in [1.807, 2.05) is 0 Å². The van der Waals surface area contributed by atoms with Gasteiger partial charge in [-0.15, -0.1) is 0 Å². The van der Waals surface area contributed by atoms with Crippen LogP contribution < -0.4 is 0 Å². The van der Waals surface area contributed by atoms with E-state index in [0.717, 1.165) is 0 Å². The van der Waals surface area contributed by atoms with Gasteiger partial charge in [-0.2, -0.15) is 0 Å². The number of esters is 1. The molecule has 1 rings (SSSR count). The standard InChI is InChI=1S/C5H4BrCl3O2/c6-4(1-3(10)11-4)2-5(7,8)9/h1-2H2. The average Bonchev–Trinajstić information content (AvgIpc) is 1.53. The van der Waals surface area contributed by atoms with Crippen molar-refractivity contribution >= 4 is 56.7 Å². The molecule has 1 saturated heterocycles. The number of carbonyl (C=O) groups excluding carboxylic acids is 1. The minimum atomic E-state index is -1.38. The topological polar surface area (TPSA) is 26.3 Å². The van der Waals surface area contributed by atoms with Crippen molar-refractivity contribution in [1.82, 2.24) is 0 Å². The second-order valence-corrected chi connectivity index (χ2v) is 6.29. The third kappa shape index (κ3) is 2.98. The van der Waals surface area contributed by atoms with E-state index in [4.69, 9.17) is 39.5 Å². The second-order valence-electron chi connectivity index (χ2n) is 2.33. The molecule has 0 aromatic carbocycles. The molecule has 1 aliphatic heterocycles. The molecule has 0 saturated carbocycles.